The van der Waals surface area contributed by atoms with Crippen LogP contribution in [-0.2, 0) is 23.9 Å². The first-order valence-electron chi connectivity index (χ1n) is 8.16. The van der Waals surface area contributed by atoms with Gasteiger partial charge in [0.25, 0.3) is 0 Å². The molecule has 2 heterocycles. The third-order valence-electron chi connectivity index (χ3n) is 5.07. The largest absolute Gasteiger partial charge is 0.459 e. The molecule has 2 rings (SSSR count). The Bertz CT molecular complexity index is 567. The molecular formula is C17H25NO6. The second-order valence-electron chi connectivity index (χ2n) is 6.87. The summed E-state index contributed by atoms with van der Waals surface area (Å²) in [5.74, 6) is -3.26. The number of likely N-dealkylation sites (N-methyl/N-ethyl adjacent to an activating group) is 1. The van der Waals surface area contributed by atoms with E-state index in [4.69, 9.17) is 9.47 Å². The number of hydrogen-bond acceptors (Lipinski definition) is 7. The van der Waals surface area contributed by atoms with Crippen LogP contribution in [0, 0.1) is 11.8 Å². The smallest absolute Gasteiger partial charge is 0.338 e. The van der Waals surface area contributed by atoms with Crippen LogP contribution in [0.5, 0.6) is 0 Å². The lowest BCUT2D eigenvalue weighted by Gasteiger charge is -2.31. The van der Waals surface area contributed by atoms with Gasteiger partial charge in [-0.1, -0.05) is 19.9 Å². The highest BCUT2D eigenvalue weighted by atomic mass is 16.6. The number of rotatable bonds is 0. The van der Waals surface area contributed by atoms with E-state index in [0.29, 0.717) is 19.5 Å². The van der Waals surface area contributed by atoms with Crippen LogP contribution in [0.15, 0.2) is 11.6 Å². The fraction of sp³-hybridized carbons (Fsp3) is 0.706. The molecule has 4 atom stereocenters. The van der Waals surface area contributed by atoms with Gasteiger partial charge in [0.2, 0.25) is 5.78 Å². The first kappa shape index (κ1) is 18.6. The fourth-order valence-electron chi connectivity index (χ4n) is 2.79. The maximum Gasteiger partial charge on any atom is 0.338 e. The van der Waals surface area contributed by atoms with Gasteiger partial charge < -0.3 is 19.5 Å². The maximum atomic E-state index is 12.6. The molecule has 0 aromatic heterocycles. The van der Waals surface area contributed by atoms with Crippen molar-refractivity contribution < 1.29 is 29.0 Å². The molecule has 0 aromatic rings. The van der Waals surface area contributed by atoms with Crippen LogP contribution in [0.1, 0.15) is 27.2 Å². The standard InChI is InChI=1S/C17H25NO6/c1-10-11(2)17(3,22)16(21)23-9-12-5-7-18(4)8-6-13(14(12)19)24-15(10)20/h5,10-11,13,22H,6-9H2,1-4H3/b12-5-/t10?,11?,13-,17?/m0/s1. The fourth-order valence-corrected chi connectivity index (χ4v) is 2.79. The van der Waals surface area contributed by atoms with Crippen LogP contribution in [0.25, 0.3) is 0 Å². The van der Waals surface area contributed by atoms with Crippen molar-refractivity contribution in [2.24, 2.45) is 11.8 Å². The summed E-state index contributed by atoms with van der Waals surface area (Å²) in [5.41, 5.74) is -1.56. The number of ether oxygens (including phenoxy) is 2. The number of fused-ring (bicyclic) bond motifs is 2. The van der Waals surface area contributed by atoms with Gasteiger partial charge in [0.15, 0.2) is 11.7 Å². The molecule has 3 unspecified atom stereocenters. The van der Waals surface area contributed by atoms with Gasteiger partial charge >= 0.3 is 11.9 Å². The van der Waals surface area contributed by atoms with Crippen LogP contribution >= 0.6 is 0 Å². The number of nitrogens with zero attached hydrogens (tertiary/aromatic N) is 1. The Kier molecular flexibility index (Phi) is 5.45. The van der Waals surface area contributed by atoms with Crippen molar-refractivity contribution >= 4 is 17.7 Å². The molecule has 0 spiro atoms. The van der Waals surface area contributed by atoms with Gasteiger partial charge in [0.1, 0.15) is 6.61 Å². The Morgan fingerprint density at radius 3 is 2.62 bits per heavy atom. The van der Waals surface area contributed by atoms with Crippen LogP contribution in [0.4, 0.5) is 0 Å². The van der Waals surface area contributed by atoms with Gasteiger partial charge in [-0.25, -0.2) is 4.79 Å². The molecule has 7 nitrogen and oxygen atoms in total. The van der Waals surface area contributed by atoms with Crippen molar-refractivity contribution in [2.45, 2.75) is 38.9 Å². The van der Waals surface area contributed by atoms with Crippen molar-refractivity contribution in [2.75, 3.05) is 26.7 Å². The van der Waals surface area contributed by atoms with Crippen molar-refractivity contribution in [3.05, 3.63) is 11.6 Å². The van der Waals surface area contributed by atoms with Crippen molar-refractivity contribution in [1.82, 2.24) is 4.90 Å². The molecule has 24 heavy (non-hydrogen) atoms. The van der Waals surface area contributed by atoms with E-state index in [2.05, 4.69) is 0 Å². The highest BCUT2D eigenvalue weighted by Gasteiger charge is 2.45. The normalized spacial score (nSPS) is 38.8. The molecule has 1 N–H and O–H groups in total. The van der Waals surface area contributed by atoms with Crippen LogP contribution in [-0.4, -0.2) is 66.2 Å². The molecule has 0 saturated carbocycles. The van der Waals surface area contributed by atoms with Gasteiger partial charge in [-0.3, -0.25) is 9.59 Å². The van der Waals surface area contributed by atoms with Crippen LogP contribution in [0.2, 0.25) is 0 Å². The number of ketones is 1. The molecular weight excluding hydrogens is 314 g/mol. The van der Waals surface area contributed by atoms with Gasteiger partial charge in [-0.05, 0) is 14.0 Å². The number of carbonyl (C=O) groups is 3. The van der Waals surface area contributed by atoms with Gasteiger partial charge in [-0.2, -0.15) is 0 Å². The molecule has 0 radical (unpaired) electrons. The Hall–Kier alpha value is -1.73. The molecule has 1 fully saturated rings. The van der Waals surface area contributed by atoms with Crippen LogP contribution < -0.4 is 0 Å². The van der Waals surface area contributed by atoms with E-state index >= 15 is 0 Å². The molecule has 2 aliphatic heterocycles. The van der Waals surface area contributed by atoms with Crippen molar-refractivity contribution in [3.8, 4) is 0 Å². The highest BCUT2D eigenvalue weighted by Crippen LogP contribution is 2.29. The third kappa shape index (κ3) is 3.67. The maximum absolute atomic E-state index is 12.6. The summed E-state index contributed by atoms with van der Waals surface area (Å²) in [5, 5.41) is 10.5. The second-order valence-corrected chi connectivity index (χ2v) is 6.87. The van der Waals surface area contributed by atoms with Gasteiger partial charge in [0.05, 0.1) is 5.92 Å². The van der Waals surface area contributed by atoms with Crippen molar-refractivity contribution in [1.29, 1.82) is 0 Å². The summed E-state index contributed by atoms with van der Waals surface area (Å²) in [6.45, 7) is 5.37. The average Bonchev–Trinajstić information content (AvgIpc) is 2.54. The molecule has 7 heteroatoms. The summed E-state index contributed by atoms with van der Waals surface area (Å²) in [4.78, 5) is 39.2. The van der Waals surface area contributed by atoms with E-state index in [1.54, 1.807) is 19.9 Å². The minimum atomic E-state index is -1.84. The summed E-state index contributed by atoms with van der Waals surface area (Å²) in [6, 6.07) is 0. The van der Waals surface area contributed by atoms with E-state index in [0.717, 1.165) is 0 Å². The Morgan fingerprint density at radius 2 is 1.96 bits per heavy atom. The van der Waals surface area contributed by atoms with E-state index in [-0.39, 0.29) is 18.0 Å². The molecule has 0 amide bonds. The molecule has 134 valence electrons. The summed E-state index contributed by atoms with van der Waals surface area (Å²) in [7, 11) is 1.89. The minimum Gasteiger partial charge on any atom is -0.459 e. The first-order valence-corrected chi connectivity index (χ1v) is 8.16. The Morgan fingerprint density at radius 1 is 1.29 bits per heavy atom. The quantitative estimate of drug-likeness (QED) is 0.635. The van der Waals surface area contributed by atoms with Gasteiger partial charge in [-0.15, -0.1) is 0 Å². The van der Waals surface area contributed by atoms with Crippen LogP contribution in [0.3, 0.4) is 0 Å². The lowest BCUT2D eigenvalue weighted by atomic mass is 9.81. The monoisotopic (exact) mass is 339 g/mol. The lowest BCUT2D eigenvalue weighted by molar-refractivity contribution is -0.173. The number of carbonyl (C=O) groups excluding carboxylic acids is 3. The zero-order valence-corrected chi connectivity index (χ0v) is 14.6. The minimum absolute atomic E-state index is 0.239. The predicted molar refractivity (Wildman–Crippen MR) is 85.0 cm³/mol. The summed E-state index contributed by atoms with van der Waals surface area (Å²) >= 11 is 0. The second kappa shape index (κ2) is 7.03. The number of aliphatic hydroxyl groups is 1. The topological polar surface area (TPSA) is 93.1 Å². The summed E-state index contributed by atoms with van der Waals surface area (Å²) < 4.78 is 10.6. The number of hydrogen-bond donors (Lipinski definition) is 1. The molecule has 1 saturated heterocycles. The highest BCUT2D eigenvalue weighted by molar-refractivity contribution is 6.00. The zero-order chi connectivity index (χ0) is 18.1. The molecule has 2 aliphatic rings. The zero-order valence-electron chi connectivity index (χ0n) is 14.6. The Balaban J connectivity index is 2.40. The van der Waals surface area contributed by atoms with Crippen molar-refractivity contribution in [3.63, 3.8) is 0 Å². The molecule has 0 aromatic carbocycles. The van der Waals surface area contributed by atoms with E-state index in [9.17, 15) is 19.5 Å². The predicted octanol–water partition coefficient (Wildman–Crippen LogP) is 0.309. The third-order valence-corrected chi connectivity index (χ3v) is 5.07. The van der Waals surface area contributed by atoms with Gasteiger partial charge in [0, 0.05) is 31.0 Å². The number of cyclic esters (lactones) is 1. The summed E-state index contributed by atoms with van der Waals surface area (Å²) in [6.07, 6.45) is 1.15. The Labute approximate surface area is 141 Å². The van der Waals surface area contributed by atoms with E-state index in [1.807, 2.05) is 11.9 Å². The SMILES string of the molecule is CC1C(=O)O[C@H]2CCN(C)C/C=C(/COC(=O)C(C)(O)C1C)C2=O. The lowest BCUT2D eigenvalue weighted by Crippen LogP contribution is -2.47. The van der Waals surface area contributed by atoms with E-state index < -0.39 is 35.5 Å². The average molecular weight is 339 g/mol. The molecule has 0 aliphatic carbocycles. The first-order chi connectivity index (χ1) is 11.1. The van der Waals surface area contributed by atoms with E-state index in [1.165, 1.54) is 6.92 Å². The number of esters is 2. The number of Topliss-reactive ketones (excluding diaryl/α,β-unsaturated/α-hetero) is 1. The molecule has 2 bridgehead atoms.